The average Bonchev–Trinajstić information content (AvgIpc) is 2.81. The van der Waals surface area contributed by atoms with Crippen molar-refractivity contribution in [2.45, 2.75) is 49.9 Å². The smallest absolute Gasteiger partial charge is 0.416 e. The van der Waals surface area contributed by atoms with Crippen molar-refractivity contribution in [2.75, 3.05) is 10.8 Å². The monoisotopic (exact) mass is 532 g/mol. The van der Waals surface area contributed by atoms with Crippen LogP contribution in [0.3, 0.4) is 0 Å². The maximum absolute atomic E-state index is 13.5. The fourth-order valence-electron chi connectivity index (χ4n) is 4.33. The minimum Gasteiger partial charge on any atom is -0.487 e. The van der Waals surface area contributed by atoms with E-state index in [0.717, 1.165) is 29.3 Å². The fourth-order valence-corrected chi connectivity index (χ4v) is 5.76. The van der Waals surface area contributed by atoms with Crippen LogP contribution in [0.4, 0.5) is 18.9 Å². The number of benzene rings is 3. The lowest BCUT2D eigenvalue weighted by atomic mass is 9.89. The lowest BCUT2D eigenvalue weighted by molar-refractivity contribution is -0.137. The minimum absolute atomic E-state index is 0.145. The summed E-state index contributed by atoms with van der Waals surface area (Å²) in [6.07, 6.45) is -4.26. The number of hydrogen-bond acceptors (Lipinski definition) is 4. The molecule has 196 valence electrons. The van der Waals surface area contributed by atoms with Gasteiger partial charge < -0.3 is 10.1 Å². The number of ether oxygens (including phenoxy) is 1. The van der Waals surface area contributed by atoms with Gasteiger partial charge in [-0.2, -0.15) is 13.2 Å². The molecule has 3 aromatic carbocycles. The van der Waals surface area contributed by atoms with E-state index in [-0.39, 0.29) is 10.6 Å². The zero-order valence-corrected chi connectivity index (χ0v) is 21.4. The lowest BCUT2D eigenvalue weighted by Crippen LogP contribution is -2.45. The number of carbonyl (C=O) groups is 1. The Morgan fingerprint density at radius 2 is 1.76 bits per heavy atom. The Morgan fingerprint density at radius 3 is 2.43 bits per heavy atom. The van der Waals surface area contributed by atoms with E-state index in [0.29, 0.717) is 16.5 Å². The van der Waals surface area contributed by atoms with E-state index >= 15 is 0 Å². The second-order valence-electron chi connectivity index (χ2n) is 9.60. The van der Waals surface area contributed by atoms with Gasteiger partial charge in [-0.15, -0.1) is 0 Å². The third-order valence-corrected chi connectivity index (χ3v) is 7.83. The highest BCUT2D eigenvalue weighted by Gasteiger charge is 2.36. The molecule has 1 N–H and O–H groups in total. The van der Waals surface area contributed by atoms with Crippen LogP contribution in [0.1, 0.15) is 43.0 Å². The first-order valence-electron chi connectivity index (χ1n) is 11.6. The summed E-state index contributed by atoms with van der Waals surface area (Å²) in [6.45, 7) is 4.97. The molecular formula is C27H27F3N2O4S. The zero-order chi connectivity index (χ0) is 27.0. The lowest BCUT2D eigenvalue weighted by Gasteiger charge is -2.38. The van der Waals surface area contributed by atoms with Gasteiger partial charge in [-0.25, -0.2) is 8.42 Å². The molecule has 0 saturated heterocycles. The van der Waals surface area contributed by atoms with E-state index < -0.39 is 45.9 Å². The highest BCUT2D eigenvalue weighted by Crippen LogP contribution is 2.40. The highest BCUT2D eigenvalue weighted by atomic mass is 32.2. The summed E-state index contributed by atoms with van der Waals surface area (Å²) in [6, 6.07) is 16.3. The van der Waals surface area contributed by atoms with E-state index in [1.54, 1.807) is 6.07 Å². The molecule has 0 aromatic heterocycles. The third kappa shape index (κ3) is 5.90. The Balaban J connectivity index is 1.69. The maximum atomic E-state index is 13.5. The molecule has 1 atom stereocenters. The van der Waals surface area contributed by atoms with Crippen LogP contribution in [-0.4, -0.2) is 26.5 Å². The summed E-state index contributed by atoms with van der Waals surface area (Å²) in [5.74, 6) is -0.0423. The van der Waals surface area contributed by atoms with Gasteiger partial charge in [0.2, 0.25) is 5.91 Å². The molecule has 1 amide bonds. The van der Waals surface area contributed by atoms with Gasteiger partial charge in [0.05, 0.1) is 22.2 Å². The summed E-state index contributed by atoms with van der Waals surface area (Å²) in [5, 5.41) is 2.87. The largest absolute Gasteiger partial charge is 0.487 e. The van der Waals surface area contributed by atoms with Crippen LogP contribution in [0.15, 0.2) is 77.7 Å². The Kier molecular flexibility index (Phi) is 6.98. The van der Waals surface area contributed by atoms with Crippen LogP contribution >= 0.6 is 0 Å². The Hall–Kier alpha value is -3.53. The summed E-state index contributed by atoms with van der Waals surface area (Å²) < 4.78 is 74.0. The van der Waals surface area contributed by atoms with Crippen molar-refractivity contribution in [1.29, 1.82) is 0 Å². The summed E-state index contributed by atoms with van der Waals surface area (Å²) in [4.78, 5) is 13.1. The highest BCUT2D eigenvalue weighted by molar-refractivity contribution is 7.92. The van der Waals surface area contributed by atoms with Gasteiger partial charge in [-0.3, -0.25) is 9.10 Å². The van der Waals surface area contributed by atoms with Crippen LogP contribution in [0, 0.1) is 6.92 Å². The van der Waals surface area contributed by atoms with Gasteiger partial charge in [-0.05, 0) is 62.7 Å². The van der Waals surface area contributed by atoms with E-state index in [1.807, 2.05) is 39.0 Å². The molecule has 37 heavy (non-hydrogen) atoms. The molecule has 0 radical (unpaired) electrons. The van der Waals surface area contributed by atoms with E-state index in [2.05, 4.69) is 5.32 Å². The number of nitrogens with one attached hydrogen (secondary N) is 1. The van der Waals surface area contributed by atoms with Crippen molar-refractivity contribution in [3.63, 3.8) is 0 Å². The molecular weight excluding hydrogens is 505 g/mol. The van der Waals surface area contributed by atoms with Gasteiger partial charge in [0.25, 0.3) is 10.0 Å². The van der Waals surface area contributed by atoms with E-state index in [1.165, 1.54) is 30.3 Å². The van der Waals surface area contributed by atoms with Crippen LogP contribution in [0.2, 0.25) is 0 Å². The number of amides is 1. The first kappa shape index (κ1) is 26.5. The predicted octanol–water partition coefficient (Wildman–Crippen LogP) is 5.63. The number of nitrogens with zero attached hydrogens (tertiary/aromatic N) is 1. The van der Waals surface area contributed by atoms with Crippen LogP contribution in [0.25, 0.3) is 0 Å². The number of alkyl halides is 3. The second kappa shape index (κ2) is 9.74. The molecule has 0 spiro atoms. The van der Waals surface area contributed by atoms with Crippen molar-refractivity contribution in [1.82, 2.24) is 5.32 Å². The minimum atomic E-state index is -4.68. The molecule has 4 rings (SSSR count). The second-order valence-corrected chi connectivity index (χ2v) is 11.5. The van der Waals surface area contributed by atoms with Crippen molar-refractivity contribution in [3.8, 4) is 5.75 Å². The van der Waals surface area contributed by atoms with Crippen LogP contribution < -0.4 is 14.4 Å². The van der Waals surface area contributed by atoms with Crippen molar-refractivity contribution < 1.29 is 31.1 Å². The third-order valence-electron chi connectivity index (χ3n) is 6.04. The first-order chi connectivity index (χ1) is 17.3. The number of rotatable bonds is 6. The SMILES string of the molecule is Cc1ccc2c(c1)OC(C)(C)CC2NC(=O)CN(c1cccc(C(F)(F)F)c1)S(=O)(=O)c1ccccc1. The summed E-state index contributed by atoms with van der Waals surface area (Å²) in [7, 11) is -4.36. The molecule has 1 unspecified atom stereocenters. The first-order valence-corrected chi connectivity index (χ1v) is 13.0. The summed E-state index contributed by atoms with van der Waals surface area (Å²) in [5.41, 5.74) is -0.164. The predicted molar refractivity (Wildman–Crippen MR) is 134 cm³/mol. The molecule has 0 fully saturated rings. The molecule has 0 saturated carbocycles. The Morgan fingerprint density at radius 1 is 1.05 bits per heavy atom. The summed E-state index contributed by atoms with van der Waals surface area (Å²) >= 11 is 0. The number of halogens is 3. The van der Waals surface area contributed by atoms with Gasteiger partial charge in [-0.1, -0.05) is 36.4 Å². The van der Waals surface area contributed by atoms with Crippen molar-refractivity contribution in [2.24, 2.45) is 0 Å². The average molecular weight is 533 g/mol. The van der Waals surface area contributed by atoms with Gasteiger partial charge >= 0.3 is 6.18 Å². The number of aryl methyl sites for hydroxylation is 1. The molecule has 1 aliphatic heterocycles. The Labute approximate surface area is 214 Å². The number of anilines is 1. The Bertz CT molecular complexity index is 1410. The number of fused-ring (bicyclic) bond motifs is 1. The molecule has 0 aliphatic carbocycles. The number of sulfonamides is 1. The molecule has 1 aliphatic rings. The molecule has 10 heteroatoms. The molecule has 6 nitrogen and oxygen atoms in total. The van der Waals surface area contributed by atoms with Crippen molar-refractivity contribution >= 4 is 21.6 Å². The van der Waals surface area contributed by atoms with Gasteiger partial charge in [0, 0.05) is 12.0 Å². The van der Waals surface area contributed by atoms with Gasteiger partial charge in [0.1, 0.15) is 17.9 Å². The van der Waals surface area contributed by atoms with Crippen molar-refractivity contribution in [3.05, 3.63) is 89.5 Å². The fraction of sp³-hybridized carbons (Fsp3) is 0.296. The zero-order valence-electron chi connectivity index (χ0n) is 20.5. The number of carbonyl (C=O) groups excluding carboxylic acids is 1. The maximum Gasteiger partial charge on any atom is 0.416 e. The van der Waals surface area contributed by atoms with Crippen LogP contribution in [-0.2, 0) is 21.0 Å². The topological polar surface area (TPSA) is 75.7 Å². The van der Waals surface area contributed by atoms with E-state index in [4.69, 9.17) is 4.74 Å². The van der Waals surface area contributed by atoms with Crippen LogP contribution in [0.5, 0.6) is 5.75 Å². The standard InChI is InChI=1S/C27H27F3N2O4S/c1-18-12-13-22-23(16-26(2,3)36-24(22)14-18)31-25(33)17-32(37(34,35)21-10-5-4-6-11-21)20-9-7-8-19(15-20)27(28,29)30/h4-15,23H,16-17H2,1-3H3,(H,31,33). The molecule has 1 heterocycles. The molecule has 3 aromatic rings. The van der Waals surface area contributed by atoms with Gasteiger partial charge in [0.15, 0.2) is 0 Å². The number of hydrogen-bond donors (Lipinski definition) is 1. The van der Waals surface area contributed by atoms with E-state index in [9.17, 15) is 26.4 Å². The molecule has 0 bridgehead atoms. The normalized spacial score (nSPS) is 16.9. The quantitative estimate of drug-likeness (QED) is 0.447.